The minimum absolute atomic E-state index is 0.669. The lowest BCUT2D eigenvalue weighted by Crippen LogP contribution is -2.10. The Bertz CT molecular complexity index is 465. The van der Waals surface area contributed by atoms with Gasteiger partial charge in [0, 0.05) is 0 Å². The molecular weight excluding hydrogens is 212 g/mol. The van der Waals surface area contributed by atoms with E-state index in [9.17, 15) is 9.90 Å². The molecule has 0 bridgehead atoms. The van der Waals surface area contributed by atoms with E-state index in [0.717, 1.165) is 56.1 Å². The molecule has 0 heterocycles. The molecule has 0 radical (unpaired) electrons. The maximum Gasteiger partial charge on any atom is 0.336 e. The van der Waals surface area contributed by atoms with Gasteiger partial charge in [0.15, 0.2) is 0 Å². The summed E-state index contributed by atoms with van der Waals surface area (Å²) in [6, 6.07) is 0. The van der Waals surface area contributed by atoms with E-state index in [1.165, 1.54) is 16.7 Å². The molecule has 17 heavy (non-hydrogen) atoms. The lowest BCUT2D eigenvalue weighted by atomic mass is 9.88. The van der Waals surface area contributed by atoms with E-state index in [1.54, 1.807) is 0 Å². The summed E-state index contributed by atoms with van der Waals surface area (Å²) in [5.41, 5.74) is 7.23. The fourth-order valence-electron chi connectivity index (χ4n) is 3.75. The first kappa shape index (κ1) is 10.8. The highest BCUT2D eigenvalue weighted by Crippen LogP contribution is 2.38. The van der Waals surface area contributed by atoms with Crippen LogP contribution < -0.4 is 0 Å². The van der Waals surface area contributed by atoms with Crippen LogP contribution in [0.2, 0.25) is 0 Å². The van der Waals surface area contributed by atoms with Crippen molar-refractivity contribution < 1.29 is 9.90 Å². The molecule has 0 aliphatic heterocycles. The number of fused-ring (bicyclic) bond motifs is 2. The van der Waals surface area contributed by atoms with Crippen LogP contribution in [0.4, 0.5) is 0 Å². The summed E-state index contributed by atoms with van der Waals surface area (Å²) in [4.78, 5) is 11.5. The standard InChI is InChI=1S/C15H18O2/c1-2-9-10-5-3-7-12(10)14(15(16)17)13-8-4-6-11(9)13/h2-8H2,1H3,(H,16,17). The van der Waals surface area contributed by atoms with Gasteiger partial charge in [0.05, 0.1) is 5.56 Å². The Kier molecular flexibility index (Phi) is 2.46. The highest BCUT2D eigenvalue weighted by molar-refractivity contribution is 5.93. The van der Waals surface area contributed by atoms with Crippen molar-refractivity contribution in [1.82, 2.24) is 0 Å². The molecule has 2 nitrogen and oxygen atoms in total. The Hall–Kier alpha value is -1.31. The highest BCUT2D eigenvalue weighted by Gasteiger charge is 2.30. The van der Waals surface area contributed by atoms with Crippen molar-refractivity contribution in [3.8, 4) is 0 Å². The van der Waals surface area contributed by atoms with E-state index in [1.807, 2.05) is 0 Å². The molecule has 3 rings (SSSR count). The van der Waals surface area contributed by atoms with E-state index >= 15 is 0 Å². The van der Waals surface area contributed by atoms with Crippen LogP contribution in [-0.2, 0) is 32.1 Å². The van der Waals surface area contributed by atoms with Gasteiger partial charge in [-0.1, -0.05) is 6.92 Å². The third-order valence-corrected chi connectivity index (χ3v) is 4.34. The molecule has 0 amide bonds. The third-order valence-electron chi connectivity index (χ3n) is 4.34. The molecule has 0 saturated carbocycles. The molecule has 1 aromatic carbocycles. The van der Waals surface area contributed by atoms with Crippen LogP contribution in [-0.4, -0.2) is 11.1 Å². The number of carbonyl (C=O) groups is 1. The van der Waals surface area contributed by atoms with Gasteiger partial charge in [-0.25, -0.2) is 4.79 Å². The molecule has 2 heteroatoms. The van der Waals surface area contributed by atoms with E-state index in [-0.39, 0.29) is 0 Å². The summed E-state index contributed by atoms with van der Waals surface area (Å²) in [5, 5.41) is 9.48. The molecule has 90 valence electrons. The third kappa shape index (κ3) is 1.43. The molecule has 0 atom stereocenters. The molecule has 0 saturated heterocycles. The van der Waals surface area contributed by atoms with Crippen molar-refractivity contribution in [2.45, 2.75) is 51.9 Å². The molecule has 1 N–H and O–H groups in total. The minimum Gasteiger partial charge on any atom is -0.478 e. The van der Waals surface area contributed by atoms with E-state index in [0.29, 0.717) is 5.56 Å². The second kappa shape index (κ2) is 3.86. The smallest absolute Gasteiger partial charge is 0.336 e. The highest BCUT2D eigenvalue weighted by atomic mass is 16.4. The van der Waals surface area contributed by atoms with Crippen molar-refractivity contribution in [1.29, 1.82) is 0 Å². The number of aromatic carboxylic acids is 1. The number of benzene rings is 1. The van der Waals surface area contributed by atoms with Crippen LogP contribution in [0.1, 0.15) is 57.9 Å². The maximum absolute atomic E-state index is 11.5. The van der Waals surface area contributed by atoms with E-state index < -0.39 is 5.97 Å². The van der Waals surface area contributed by atoms with Gasteiger partial charge in [-0.15, -0.1) is 0 Å². The predicted octanol–water partition coefficient (Wildman–Crippen LogP) is 2.92. The number of hydrogen-bond acceptors (Lipinski definition) is 1. The van der Waals surface area contributed by atoms with Crippen LogP contribution in [0.25, 0.3) is 0 Å². The normalized spacial score (nSPS) is 17.0. The average molecular weight is 230 g/mol. The first-order chi connectivity index (χ1) is 8.24. The van der Waals surface area contributed by atoms with Gasteiger partial charge in [-0.2, -0.15) is 0 Å². The average Bonchev–Trinajstić information content (AvgIpc) is 2.92. The largest absolute Gasteiger partial charge is 0.478 e. The Morgan fingerprint density at radius 3 is 1.88 bits per heavy atom. The first-order valence-corrected chi connectivity index (χ1v) is 6.65. The first-order valence-electron chi connectivity index (χ1n) is 6.65. The number of rotatable bonds is 2. The fraction of sp³-hybridized carbons (Fsp3) is 0.533. The van der Waals surface area contributed by atoms with Crippen LogP contribution in [0, 0.1) is 0 Å². The van der Waals surface area contributed by atoms with Crippen molar-refractivity contribution in [3.63, 3.8) is 0 Å². The van der Waals surface area contributed by atoms with E-state index in [2.05, 4.69) is 6.92 Å². The number of carboxylic acids is 1. The molecular formula is C15H18O2. The van der Waals surface area contributed by atoms with E-state index in [4.69, 9.17) is 0 Å². The van der Waals surface area contributed by atoms with Gasteiger partial charge in [0.25, 0.3) is 0 Å². The van der Waals surface area contributed by atoms with Gasteiger partial charge in [-0.3, -0.25) is 0 Å². The number of hydrogen-bond donors (Lipinski definition) is 1. The van der Waals surface area contributed by atoms with Gasteiger partial charge in [-0.05, 0) is 72.8 Å². The predicted molar refractivity (Wildman–Crippen MR) is 66.8 cm³/mol. The van der Waals surface area contributed by atoms with Crippen LogP contribution in [0.5, 0.6) is 0 Å². The zero-order valence-electron chi connectivity index (χ0n) is 10.3. The zero-order chi connectivity index (χ0) is 12.0. The summed E-state index contributed by atoms with van der Waals surface area (Å²) in [6.45, 7) is 2.20. The van der Waals surface area contributed by atoms with Crippen molar-refractivity contribution in [3.05, 3.63) is 33.4 Å². The molecule has 0 spiro atoms. The fourth-order valence-corrected chi connectivity index (χ4v) is 3.75. The summed E-state index contributed by atoms with van der Waals surface area (Å²) < 4.78 is 0. The topological polar surface area (TPSA) is 37.3 Å². The lowest BCUT2D eigenvalue weighted by Gasteiger charge is -2.17. The second-order valence-electron chi connectivity index (χ2n) is 5.13. The Labute approximate surface area is 102 Å². The Balaban J connectivity index is 2.34. The quantitative estimate of drug-likeness (QED) is 0.848. The summed E-state index contributed by atoms with van der Waals surface area (Å²) in [6.07, 6.45) is 7.44. The molecule has 0 fully saturated rings. The molecule has 0 aromatic heterocycles. The van der Waals surface area contributed by atoms with Gasteiger partial charge < -0.3 is 5.11 Å². The van der Waals surface area contributed by atoms with Crippen LogP contribution in [0.3, 0.4) is 0 Å². The Morgan fingerprint density at radius 2 is 1.47 bits per heavy atom. The van der Waals surface area contributed by atoms with Crippen molar-refractivity contribution in [2.75, 3.05) is 0 Å². The summed E-state index contributed by atoms with van der Waals surface area (Å²) >= 11 is 0. The van der Waals surface area contributed by atoms with Crippen LogP contribution in [0.15, 0.2) is 0 Å². The lowest BCUT2D eigenvalue weighted by molar-refractivity contribution is 0.0694. The van der Waals surface area contributed by atoms with Crippen molar-refractivity contribution >= 4 is 5.97 Å². The summed E-state index contributed by atoms with van der Waals surface area (Å²) in [7, 11) is 0. The van der Waals surface area contributed by atoms with Gasteiger partial charge >= 0.3 is 5.97 Å². The molecule has 2 aliphatic rings. The zero-order valence-corrected chi connectivity index (χ0v) is 10.3. The Morgan fingerprint density at radius 1 is 1.00 bits per heavy atom. The molecule has 2 aliphatic carbocycles. The monoisotopic (exact) mass is 230 g/mol. The maximum atomic E-state index is 11.5. The van der Waals surface area contributed by atoms with Crippen LogP contribution >= 0.6 is 0 Å². The second-order valence-corrected chi connectivity index (χ2v) is 5.13. The van der Waals surface area contributed by atoms with Gasteiger partial charge in [0.1, 0.15) is 0 Å². The summed E-state index contributed by atoms with van der Waals surface area (Å²) in [5.74, 6) is -0.705. The van der Waals surface area contributed by atoms with Crippen molar-refractivity contribution in [2.24, 2.45) is 0 Å². The van der Waals surface area contributed by atoms with Gasteiger partial charge in [0.2, 0.25) is 0 Å². The minimum atomic E-state index is -0.705. The SMILES string of the molecule is CCc1c2c(c(C(=O)O)c3c1CCC3)CCC2. The number of carboxylic acid groups (broad SMARTS) is 1. The molecule has 1 aromatic rings. The molecule has 0 unspecified atom stereocenters.